The van der Waals surface area contributed by atoms with E-state index in [1.165, 1.54) is 30.4 Å². The Balaban J connectivity index is 1.83. The Labute approximate surface area is 136 Å². The summed E-state index contributed by atoms with van der Waals surface area (Å²) in [6.45, 7) is 2.42. The predicted octanol–water partition coefficient (Wildman–Crippen LogP) is 2.59. The van der Waals surface area contributed by atoms with Crippen molar-refractivity contribution in [1.29, 1.82) is 0 Å². The van der Waals surface area contributed by atoms with Crippen molar-refractivity contribution >= 4 is 39.7 Å². The summed E-state index contributed by atoms with van der Waals surface area (Å²) >= 11 is 1.34. The normalized spacial score (nSPS) is 14.0. The fourth-order valence-corrected chi connectivity index (χ4v) is 3.15. The molecule has 120 valence electrons. The summed E-state index contributed by atoms with van der Waals surface area (Å²) < 4.78 is 13.4. The van der Waals surface area contributed by atoms with Gasteiger partial charge < -0.3 is 15.5 Å². The summed E-state index contributed by atoms with van der Waals surface area (Å²) in [5.41, 5.74) is 2.00. The van der Waals surface area contributed by atoms with Gasteiger partial charge in [0, 0.05) is 25.3 Å². The largest absolute Gasteiger partial charge is 0.363 e. The Morgan fingerprint density at radius 3 is 3.13 bits per heavy atom. The molecule has 0 unspecified atom stereocenters. The fourth-order valence-electron chi connectivity index (χ4n) is 2.40. The second-order valence-electron chi connectivity index (χ2n) is 5.21. The van der Waals surface area contributed by atoms with Crippen molar-refractivity contribution < 1.29 is 14.0 Å². The molecule has 0 saturated heterocycles. The first kappa shape index (κ1) is 15.4. The average Bonchev–Trinajstić information content (AvgIpc) is 2.83. The number of carbonyl (C=O) groups is 2. The van der Waals surface area contributed by atoms with E-state index in [-0.39, 0.29) is 11.8 Å². The Morgan fingerprint density at radius 2 is 2.35 bits per heavy atom. The van der Waals surface area contributed by atoms with Crippen LogP contribution >= 0.6 is 11.3 Å². The maximum absolute atomic E-state index is 13.4. The van der Waals surface area contributed by atoms with Crippen molar-refractivity contribution in [3.8, 4) is 0 Å². The van der Waals surface area contributed by atoms with E-state index in [0.29, 0.717) is 30.3 Å². The summed E-state index contributed by atoms with van der Waals surface area (Å²) in [5, 5.41) is 7.75. The van der Waals surface area contributed by atoms with E-state index in [1.807, 2.05) is 10.3 Å². The highest BCUT2D eigenvalue weighted by Crippen LogP contribution is 2.31. The van der Waals surface area contributed by atoms with Crippen LogP contribution in [-0.4, -0.2) is 23.3 Å². The first-order chi connectivity index (χ1) is 11.0. The Hall–Kier alpha value is -2.48. The maximum Gasteiger partial charge on any atom is 0.226 e. The molecule has 0 saturated carbocycles. The van der Waals surface area contributed by atoms with Crippen LogP contribution < -0.4 is 15.5 Å². The van der Waals surface area contributed by atoms with Crippen LogP contribution in [0.5, 0.6) is 0 Å². The Kier molecular flexibility index (Phi) is 4.24. The molecule has 2 aromatic rings. The van der Waals surface area contributed by atoms with Gasteiger partial charge in [-0.15, -0.1) is 11.3 Å². The van der Waals surface area contributed by atoms with Gasteiger partial charge in [-0.1, -0.05) is 0 Å². The molecule has 0 atom stereocenters. The minimum absolute atomic E-state index is 0.142. The topological polar surface area (TPSA) is 74.3 Å². The molecular weight excluding hydrogens is 319 g/mol. The number of amides is 2. The van der Waals surface area contributed by atoms with Crippen LogP contribution in [0.4, 0.5) is 20.9 Å². The lowest BCUT2D eigenvalue weighted by molar-refractivity contribution is -0.116. The van der Waals surface area contributed by atoms with Crippen LogP contribution in [0.1, 0.15) is 19.0 Å². The molecule has 0 fully saturated rings. The van der Waals surface area contributed by atoms with Gasteiger partial charge in [0.25, 0.3) is 0 Å². The van der Waals surface area contributed by atoms with Gasteiger partial charge in [-0.25, -0.2) is 9.37 Å². The van der Waals surface area contributed by atoms with Gasteiger partial charge in [0.2, 0.25) is 11.8 Å². The number of anilines is 3. The number of carbonyl (C=O) groups excluding carboxylic acids is 2. The molecule has 2 N–H and O–H groups in total. The molecule has 8 heteroatoms. The second-order valence-corrected chi connectivity index (χ2v) is 6.06. The monoisotopic (exact) mass is 334 g/mol. The lowest BCUT2D eigenvalue weighted by Crippen LogP contribution is -2.24. The molecule has 0 bridgehead atoms. The van der Waals surface area contributed by atoms with Gasteiger partial charge in [0.15, 0.2) is 5.13 Å². The van der Waals surface area contributed by atoms with Crippen molar-refractivity contribution in [3.63, 3.8) is 0 Å². The number of nitrogens with zero attached hydrogens (tertiary/aromatic N) is 2. The van der Waals surface area contributed by atoms with Gasteiger partial charge in [-0.3, -0.25) is 9.59 Å². The highest BCUT2D eigenvalue weighted by molar-refractivity contribution is 7.13. The molecule has 1 aliphatic rings. The zero-order chi connectivity index (χ0) is 16.4. The van der Waals surface area contributed by atoms with Gasteiger partial charge in [-0.2, -0.15) is 0 Å². The van der Waals surface area contributed by atoms with Crippen LogP contribution in [0.2, 0.25) is 0 Å². The molecule has 1 aliphatic heterocycles. The minimum atomic E-state index is -0.396. The zero-order valence-electron chi connectivity index (χ0n) is 12.4. The second kappa shape index (κ2) is 6.33. The molecule has 2 amide bonds. The van der Waals surface area contributed by atoms with Crippen molar-refractivity contribution in [1.82, 2.24) is 4.98 Å². The van der Waals surface area contributed by atoms with Gasteiger partial charge >= 0.3 is 0 Å². The third-order valence-corrected chi connectivity index (χ3v) is 4.18. The maximum atomic E-state index is 13.4. The quantitative estimate of drug-likeness (QED) is 0.905. The van der Waals surface area contributed by atoms with Gasteiger partial charge in [0.05, 0.1) is 23.6 Å². The number of rotatable bonds is 3. The van der Waals surface area contributed by atoms with E-state index >= 15 is 0 Å². The Bertz CT molecular complexity index is 762. The van der Waals surface area contributed by atoms with Crippen molar-refractivity contribution in [2.45, 2.75) is 19.9 Å². The molecule has 6 nitrogen and oxygen atoms in total. The van der Waals surface area contributed by atoms with Crippen LogP contribution in [0, 0.1) is 5.82 Å². The molecule has 0 radical (unpaired) electrons. The molecule has 1 aromatic carbocycles. The number of halogens is 1. The number of hydrogen-bond acceptors (Lipinski definition) is 5. The van der Waals surface area contributed by atoms with E-state index < -0.39 is 5.82 Å². The summed E-state index contributed by atoms with van der Waals surface area (Å²) in [7, 11) is 0. The minimum Gasteiger partial charge on any atom is -0.363 e. The van der Waals surface area contributed by atoms with Gasteiger partial charge in [0.1, 0.15) is 5.82 Å². The van der Waals surface area contributed by atoms with Crippen molar-refractivity contribution in [2.24, 2.45) is 0 Å². The smallest absolute Gasteiger partial charge is 0.226 e. The first-order valence-corrected chi connectivity index (χ1v) is 7.95. The number of hydrogen-bond donors (Lipinski definition) is 2. The van der Waals surface area contributed by atoms with E-state index in [2.05, 4.69) is 15.6 Å². The standard InChI is InChI=1S/C15H15FN4O2S/c1-9(21)17-15-18-11(8-23-15)7-20-5-4-14(22)19-12-6-10(16)2-3-13(12)20/h2-3,6,8H,4-5,7H2,1H3,(H,19,22)(H,17,18,21). The molecule has 2 heterocycles. The number of nitrogens with one attached hydrogen (secondary N) is 2. The van der Waals surface area contributed by atoms with E-state index in [4.69, 9.17) is 0 Å². The van der Waals surface area contributed by atoms with Crippen LogP contribution in [-0.2, 0) is 16.1 Å². The fraction of sp³-hybridized carbons (Fsp3) is 0.267. The van der Waals surface area contributed by atoms with Crippen LogP contribution in [0.3, 0.4) is 0 Å². The molecule has 0 spiro atoms. The van der Waals surface area contributed by atoms with Gasteiger partial charge in [-0.05, 0) is 18.2 Å². The van der Waals surface area contributed by atoms with E-state index in [1.54, 1.807) is 6.07 Å². The zero-order valence-corrected chi connectivity index (χ0v) is 13.2. The average molecular weight is 334 g/mol. The number of aromatic nitrogens is 1. The van der Waals surface area contributed by atoms with E-state index in [9.17, 15) is 14.0 Å². The highest BCUT2D eigenvalue weighted by atomic mass is 32.1. The lowest BCUT2D eigenvalue weighted by atomic mass is 10.2. The Morgan fingerprint density at radius 1 is 1.52 bits per heavy atom. The lowest BCUT2D eigenvalue weighted by Gasteiger charge is -2.23. The predicted molar refractivity (Wildman–Crippen MR) is 87.1 cm³/mol. The van der Waals surface area contributed by atoms with Crippen LogP contribution in [0.25, 0.3) is 0 Å². The van der Waals surface area contributed by atoms with E-state index in [0.717, 1.165) is 11.4 Å². The molecule has 3 rings (SSSR count). The SMILES string of the molecule is CC(=O)Nc1nc(CN2CCC(=O)Nc3cc(F)ccc32)cs1. The molecule has 23 heavy (non-hydrogen) atoms. The third-order valence-electron chi connectivity index (χ3n) is 3.37. The van der Waals surface area contributed by atoms with Crippen LogP contribution in [0.15, 0.2) is 23.6 Å². The highest BCUT2D eigenvalue weighted by Gasteiger charge is 2.20. The number of fused-ring (bicyclic) bond motifs is 1. The van der Waals surface area contributed by atoms with Crippen molar-refractivity contribution in [2.75, 3.05) is 22.1 Å². The van der Waals surface area contributed by atoms with Crippen molar-refractivity contribution in [3.05, 3.63) is 35.1 Å². The molecular formula is C15H15FN4O2S. The summed E-state index contributed by atoms with van der Waals surface area (Å²) in [6.07, 6.45) is 0.318. The molecule has 0 aliphatic carbocycles. The number of thiazole rings is 1. The summed E-state index contributed by atoms with van der Waals surface area (Å²) in [5.74, 6) is -0.708. The first-order valence-electron chi connectivity index (χ1n) is 7.07. The molecule has 1 aromatic heterocycles. The third kappa shape index (κ3) is 3.65. The number of benzene rings is 1. The summed E-state index contributed by atoms with van der Waals surface area (Å²) in [4.78, 5) is 29.1. The summed E-state index contributed by atoms with van der Waals surface area (Å²) in [6, 6.07) is 4.33.